The van der Waals surface area contributed by atoms with Crippen LogP contribution in [0.15, 0.2) is 47.8 Å². The van der Waals surface area contributed by atoms with Gasteiger partial charge in [-0.3, -0.25) is 14.5 Å². The third kappa shape index (κ3) is 5.14. The molecule has 0 bridgehead atoms. The van der Waals surface area contributed by atoms with Crippen molar-refractivity contribution in [2.45, 2.75) is 44.1 Å². The molecule has 1 aromatic carbocycles. The first-order valence-electron chi connectivity index (χ1n) is 12.8. The summed E-state index contributed by atoms with van der Waals surface area (Å²) < 4.78 is 0. The lowest BCUT2D eigenvalue weighted by molar-refractivity contribution is -0.135. The van der Waals surface area contributed by atoms with E-state index in [1.165, 1.54) is 17.7 Å². The first-order chi connectivity index (χ1) is 17.0. The summed E-state index contributed by atoms with van der Waals surface area (Å²) in [5.74, 6) is 0.0210. The van der Waals surface area contributed by atoms with Crippen molar-refractivity contribution in [3.05, 3.63) is 58.3 Å². The number of hydrogen-bond donors (Lipinski definition) is 1. The molecule has 1 N–H and O–H groups in total. The van der Waals surface area contributed by atoms with Gasteiger partial charge in [-0.1, -0.05) is 36.4 Å². The van der Waals surface area contributed by atoms with Crippen LogP contribution in [0.5, 0.6) is 0 Å². The van der Waals surface area contributed by atoms with E-state index < -0.39 is 5.54 Å². The van der Waals surface area contributed by atoms with Crippen LogP contribution < -0.4 is 5.32 Å². The van der Waals surface area contributed by atoms with Crippen molar-refractivity contribution < 1.29 is 14.4 Å². The van der Waals surface area contributed by atoms with Crippen molar-refractivity contribution in [1.29, 1.82) is 0 Å². The lowest BCUT2D eigenvalue weighted by Crippen LogP contribution is -2.58. The van der Waals surface area contributed by atoms with Crippen molar-refractivity contribution in [2.24, 2.45) is 5.92 Å². The molecule has 1 aromatic heterocycles. The highest BCUT2D eigenvalue weighted by molar-refractivity contribution is 7.10. The number of benzene rings is 1. The number of thiophene rings is 1. The van der Waals surface area contributed by atoms with E-state index in [-0.39, 0.29) is 23.8 Å². The fourth-order valence-corrected chi connectivity index (χ4v) is 6.55. The average Bonchev–Trinajstić information content (AvgIpc) is 3.62. The zero-order chi connectivity index (χ0) is 24.3. The molecule has 1 unspecified atom stereocenters. The maximum Gasteiger partial charge on any atom is 0.325 e. The van der Waals surface area contributed by atoms with Gasteiger partial charge in [-0.15, -0.1) is 11.3 Å². The minimum absolute atomic E-state index is 0.0123. The van der Waals surface area contributed by atoms with Crippen LogP contribution >= 0.6 is 11.3 Å². The number of piperidine rings is 1. The second-order valence-electron chi connectivity index (χ2n) is 9.98. The minimum Gasteiger partial charge on any atom is -0.342 e. The third-order valence-corrected chi connectivity index (χ3v) is 8.69. The number of nitrogens with one attached hydrogen (secondary N) is 1. The van der Waals surface area contributed by atoms with Crippen LogP contribution in [0.3, 0.4) is 0 Å². The highest BCUT2D eigenvalue weighted by atomic mass is 32.1. The third-order valence-electron chi connectivity index (χ3n) is 7.82. The molecule has 3 aliphatic rings. The van der Waals surface area contributed by atoms with Crippen LogP contribution in [0.25, 0.3) is 0 Å². The van der Waals surface area contributed by atoms with Crippen LogP contribution in [0.2, 0.25) is 0 Å². The first-order valence-corrected chi connectivity index (χ1v) is 13.6. The number of urea groups is 1. The van der Waals surface area contributed by atoms with E-state index in [2.05, 4.69) is 10.2 Å². The van der Waals surface area contributed by atoms with Crippen molar-refractivity contribution in [3.63, 3.8) is 0 Å². The fourth-order valence-electron chi connectivity index (χ4n) is 5.85. The maximum absolute atomic E-state index is 13.9. The predicted molar refractivity (Wildman–Crippen MR) is 136 cm³/mol. The van der Waals surface area contributed by atoms with Crippen LogP contribution in [0.1, 0.15) is 36.1 Å². The van der Waals surface area contributed by atoms with Gasteiger partial charge in [-0.2, -0.15) is 0 Å². The summed E-state index contributed by atoms with van der Waals surface area (Å²) in [5.41, 5.74) is 0.0885. The fraction of sp³-hybridized carbons (Fsp3) is 0.519. The topological polar surface area (TPSA) is 73.0 Å². The Hall–Kier alpha value is -2.71. The Kier molecular flexibility index (Phi) is 7.20. The second kappa shape index (κ2) is 10.5. The van der Waals surface area contributed by atoms with Gasteiger partial charge in [0.1, 0.15) is 5.54 Å². The Morgan fingerprint density at radius 3 is 2.40 bits per heavy atom. The number of nitrogens with zero attached hydrogens (tertiary/aromatic N) is 3. The minimum atomic E-state index is -0.952. The van der Waals surface area contributed by atoms with Gasteiger partial charge in [0.05, 0.1) is 6.42 Å². The second-order valence-corrected chi connectivity index (χ2v) is 11.0. The summed E-state index contributed by atoms with van der Waals surface area (Å²) in [4.78, 5) is 46.6. The molecule has 4 amide bonds. The molecule has 3 aliphatic heterocycles. The highest BCUT2D eigenvalue weighted by Gasteiger charge is 2.55. The molecule has 7 nitrogen and oxygen atoms in total. The number of hydrogen-bond acceptors (Lipinski definition) is 5. The SMILES string of the molecule is O=C(Cc1cccs1)N1CCC(C2(Cc3ccccc3)NC(=O)N(CCN3CCCC3)C2=O)CC1. The Morgan fingerprint density at radius 2 is 1.71 bits per heavy atom. The zero-order valence-corrected chi connectivity index (χ0v) is 21.0. The van der Waals surface area contributed by atoms with E-state index in [9.17, 15) is 14.4 Å². The number of amides is 4. The summed E-state index contributed by atoms with van der Waals surface area (Å²) >= 11 is 1.60. The number of rotatable bonds is 8. The molecule has 2 aromatic rings. The molecule has 0 aliphatic carbocycles. The van der Waals surface area contributed by atoms with E-state index in [1.54, 1.807) is 11.3 Å². The summed E-state index contributed by atoms with van der Waals surface area (Å²) in [6.07, 6.45) is 4.68. The standard InChI is InChI=1S/C27H34N4O3S/c32-24(19-23-9-6-18-35-23)30-14-10-22(11-15-30)27(20-21-7-2-1-3-8-21)25(33)31(26(34)28-27)17-16-29-12-4-5-13-29/h1-3,6-9,18,22H,4-5,10-17,19-20H2,(H,28,34). The Labute approximate surface area is 211 Å². The molecule has 3 fully saturated rings. The van der Waals surface area contributed by atoms with Crippen LogP contribution in [-0.2, 0) is 22.4 Å². The number of carbonyl (C=O) groups is 3. The van der Waals surface area contributed by atoms with Crippen LogP contribution in [-0.4, -0.2) is 77.4 Å². The molecule has 35 heavy (non-hydrogen) atoms. The maximum atomic E-state index is 13.9. The number of imide groups is 1. The molecule has 0 radical (unpaired) electrons. The van der Waals surface area contributed by atoms with Crippen molar-refractivity contribution in [1.82, 2.24) is 20.0 Å². The smallest absolute Gasteiger partial charge is 0.325 e. The first kappa shape index (κ1) is 24.0. The van der Waals surface area contributed by atoms with Gasteiger partial charge < -0.3 is 15.1 Å². The lowest BCUT2D eigenvalue weighted by atomic mass is 9.74. The van der Waals surface area contributed by atoms with Gasteiger partial charge >= 0.3 is 6.03 Å². The normalized spacial score (nSPS) is 23.8. The Morgan fingerprint density at radius 1 is 0.971 bits per heavy atom. The van der Waals surface area contributed by atoms with Crippen molar-refractivity contribution in [2.75, 3.05) is 39.3 Å². The molecule has 0 saturated carbocycles. The molecule has 3 saturated heterocycles. The Balaban J connectivity index is 1.30. The van der Waals surface area contributed by atoms with Gasteiger partial charge in [0, 0.05) is 37.5 Å². The number of likely N-dealkylation sites (tertiary alicyclic amines) is 2. The van der Waals surface area contributed by atoms with E-state index in [4.69, 9.17) is 0 Å². The average molecular weight is 495 g/mol. The molecular formula is C27H34N4O3S. The van der Waals surface area contributed by atoms with Gasteiger partial charge in [0.15, 0.2) is 0 Å². The number of carbonyl (C=O) groups excluding carboxylic acids is 3. The van der Waals surface area contributed by atoms with Crippen LogP contribution in [0, 0.1) is 5.92 Å². The van der Waals surface area contributed by atoms with Gasteiger partial charge in [-0.05, 0) is 61.7 Å². The molecule has 0 spiro atoms. The molecule has 8 heteroatoms. The van der Waals surface area contributed by atoms with E-state index in [0.29, 0.717) is 45.3 Å². The molecule has 5 rings (SSSR count). The van der Waals surface area contributed by atoms with Crippen molar-refractivity contribution in [3.8, 4) is 0 Å². The van der Waals surface area contributed by atoms with Crippen molar-refractivity contribution >= 4 is 29.2 Å². The largest absolute Gasteiger partial charge is 0.342 e. The molecule has 4 heterocycles. The Bertz CT molecular complexity index is 1030. The lowest BCUT2D eigenvalue weighted by Gasteiger charge is -2.41. The molecular weight excluding hydrogens is 460 g/mol. The predicted octanol–water partition coefficient (Wildman–Crippen LogP) is 3.16. The zero-order valence-electron chi connectivity index (χ0n) is 20.2. The van der Waals surface area contributed by atoms with Gasteiger partial charge in [0.25, 0.3) is 5.91 Å². The highest BCUT2D eigenvalue weighted by Crippen LogP contribution is 2.36. The summed E-state index contributed by atoms with van der Waals surface area (Å²) in [5, 5.41) is 5.15. The van der Waals surface area contributed by atoms with E-state index in [1.807, 2.05) is 52.7 Å². The molecule has 1 atom stereocenters. The van der Waals surface area contributed by atoms with Gasteiger partial charge in [-0.25, -0.2) is 4.79 Å². The summed E-state index contributed by atoms with van der Waals surface area (Å²) in [7, 11) is 0. The quantitative estimate of drug-likeness (QED) is 0.573. The monoisotopic (exact) mass is 494 g/mol. The van der Waals surface area contributed by atoms with E-state index in [0.717, 1.165) is 30.1 Å². The van der Waals surface area contributed by atoms with Gasteiger partial charge in [0.2, 0.25) is 5.91 Å². The van der Waals surface area contributed by atoms with Crippen LogP contribution in [0.4, 0.5) is 4.79 Å². The summed E-state index contributed by atoms with van der Waals surface area (Å²) in [6.45, 7) is 4.47. The molecule has 186 valence electrons. The summed E-state index contributed by atoms with van der Waals surface area (Å²) in [6, 6.07) is 13.6. The van der Waals surface area contributed by atoms with E-state index >= 15 is 0 Å².